The Bertz CT molecular complexity index is 508. The first kappa shape index (κ1) is 15.7. The van der Waals surface area contributed by atoms with Crippen LogP contribution in [0.2, 0.25) is 0 Å². The molecule has 4 fully saturated rings. The number of methoxy groups -OCH3 is 1. The molecule has 0 radical (unpaired) electrons. The fourth-order valence-corrected chi connectivity index (χ4v) is 4.00. The Hall–Kier alpha value is -0.770. The summed E-state index contributed by atoms with van der Waals surface area (Å²) in [6.07, 6.45) is -1.88. The Morgan fingerprint density at radius 2 is 1.96 bits per heavy atom. The summed E-state index contributed by atoms with van der Waals surface area (Å²) in [7, 11) is 1.31. The monoisotopic (exact) mass is 330 g/mol. The van der Waals surface area contributed by atoms with Crippen molar-refractivity contribution in [2.75, 3.05) is 20.3 Å². The minimum Gasteiger partial charge on any atom is -0.467 e. The summed E-state index contributed by atoms with van der Waals surface area (Å²) in [5.74, 6) is -1.22. The van der Waals surface area contributed by atoms with Crippen LogP contribution in [0.3, 0.4) is 0 Å². The van der Waals surface area contributed by atoms with Gasteiger partial charge in [0.1, 0.15) is 30.5 Å². The number of epoxide rings is 1. The summed E-state index contributed by atoms with van der Waals surface area (Å²) >= 11 is 0. The molecular weight excluding hydrogens is 308 g/mol. The number of carbonyl (C=O) groups excluding carboxylic acids is 1. The van der Waals surface area contributed by atoms with E-state index < -0.39 is 35.7 Å². The van der Waals surface area contributed by atoms with Gasteiger partial charge in [0.25, 0.3) is 0 Å². The number of hydrogen-bond donors (Lipinski definition) is 1. The van der Waals surface area contributed by atoms with Crippen LogP contribution in [0.5, 0.6) is 0 Å². The molecule has 0 aromatic carbocycles. The van der Waals surface area contributed by atoms with E-state index in [1.807, 2.05) is 13.8 Å². The van der Waals surface area contributed by atoms with Gasteiger partial charge in [-0.2, -0.15) is 0 Å². The predicted octanol–water partition coefficient (Wildman–Crippen LogP) is -0.634. The Morgan fingerprint density at radius 3 is 2.61 bits per heavy atom. The van der Waals surface area contributed by atoms with Gasteiger partial charge in [-0.15, -0.1) is 0 Å². The van der Waals surface area contributed by atoms with E-state index in [1.165, 1.54) is 7.11 Å². The standard InChI is InChI=1S/C15H22O8/c1-14(2)21-9-6-19-7-4-15(13(17)18-3,12-8(5-16)20-12)23-10(7)11(9)22-14/h7-12,16H,4-6H2,1-3H3/t7-,8+,9+,10+,11+,12-,15+/m1/s1. The zero-order chi connectivity index (χ0) is 16.4. The smallest absolute Gasteiger partial charge is 0.341 e. The number of ether oxygens (including phenoxy) is 6. The Balaban J connectivity index is 1.60. The van der Waals surface area contributed by atoms with E-state index in [0.717, 1.165) is 0 Å². The number of hydrogen-bond acceptors (Lipinski definition) is 8. The topological polar surface area (TPSA) is 96.0 Å². The van der Waals surface area contributed by atoms with Crippen LogP contribution in [-0.2, 0) is 33.2 Å². The van der Waals surface area contributed by atoms with Gasteiger partial charge in [0.05, 0.1) is 26.4 Å². The van der Waals surface area contributed by atoms with Crippen LogP contribution in [0.1, 0.15) is 20.3 Å². The maximum Gasteiger partial charge on any atom is 0.341 e. The van der Waals surface area contributed by atoms with E-state index in [-0.39, 0.29) is 24.9 Å². The zero-order valence-corrected chi connectivity index (χ0v) is 13.4. The summed E-state index contributed by atoms with van der Waals surface area (Å²) in [5.41, 5.74) is -1.26. The second kappa shape index (κ2) is 5.11. The second-order valence-corrected chi connectivity index (χ2v) is 6.96. The van der Waals surface area contributed by atoms with Crippen molar-refractivity contribution >= 4 is 5.97 Å². The molecule has 130 valence electrons. The molecule has 0 aliphatic carbocycles. The molecule has 0 aromatic heterocycles. The molecule has 4 heterocycles. The number of fused-ring (bicyclic) bond motifs is 3. The van der Waals surface area contributed by atoms with Crippen molar-refractivity contribution in [2.45, 2.75) is 68.3 Å². The van der Waals surface area contributed by atoms with Gasteiger partial charge in [0.15, 0.2) is 11.4 Å². The highest BCUT2D eigenvalue weighted by Crippen LogP contribution is 2.49. The average Bonchev–Trinajstić information content (AvgIpc) is 3.10. The van der Waals surface area contributed by atoms with Crippen molar-refractivity contribution in [1.29, 1.82) is 0 Å². The zero-order valence-electron chi connectivity index (χ0n) is 13.4. The van der Waals surface area contributed by atoms with Gasteiger partial charge in [0, 0.05) is 6.42 Å². The van der Waals surface area contributed by atoms with Gasteiger partial charge in [-0.3, -0.25) is 0 Å². The lowest BCUT2D eigenvalue weighted by Gasteiger charge is -2.32. The third-order valence-corrected chi connectivity index (χ3v) is 4.99. The average molecular weight is 330 g/mol. The van der Waals surface area contributed by atoms with Crippen LogP contribution in [0.15, 0.2) is 0 Å². The van der Waals surface area contributed by atoms with E-state index >= 15 is 0 Å². The largest absolute Gasteiger partial charge is 0.467 e. The van der Waals surface area contributed by atoms with Gasteiger partial charge in [0.2, 0.25) is 0 Å². The predicted molar refractivity (Wildman–Crippen MR) is 73.5 cm³/mol. The fourth-order valence-electron chi connectivity index (χ4n) is 4.00. The molecule has 0 spiro atoms. The van der Waals surface area contributed by atoms with Crippen LogP contribution in [0.4, 0.5) is 0 Å². The molecule has 23 heavy (non-hydrogen) atoms. The molecule has 4 aliphatic rings. The normalized spacial score (nSPS) is 50.3. The van der Waals surface area contributed by atoms with Crippen molar-refractivity contribution in [3.05, 3.63) is 0 Å². The lowest BCUT2D eigenvalue weighted by Crippen LogP contribution is -2.50. The fraction of sp³-hybridized carbons (Fsp3) is 0.933. The van der Waals surface area contributed by atoms with Gasteiger partial charge in [-0.05, 0) is 13.8 Å². The highest BCUT2D eigenvalue weighted by atomic mass is 16.8. The lowest BCUT2D eigenvalue weighted by molar-refractivity contribution is -0.189. The molecule has 0 aromatic rings. The summed E-state index contributed by atoms with van der Waals surface area (Å²) in [6, 6.07) is 0. The van der Waals surface area contributed by atoms with Crippen molar-refractivity contribution in [2.24, 2.45) is 0 Å². The van der Waals surface area contributed by atoms with E-state index in [9.17, 15) is 9.90 Å². The number of rotatable bonds is 3. The van der Waals surface area contributed by atoms with E-state index in [0.29, 0.717) is 13.0 Å². The number of aliphatic hydroxyl groups is 1. The van der Waals surface area contributed by atoms with Crippen LogP contribution >= 0.6 is 0 Å². The van der Waals surface area contributed by atoms with Crippen LogP contribution < -0.4 is 0 Å². The first-order chi connectivity index (χ1) is 10.9. The molecule has 7 atom stereocenters. The molecule has 0 bridgehead atoms. The summed E-state index contributed by atoms with van der Waals surface area (Å²) in [6.45, 7) is 3.91. The summed E-state index contributed by atoms with van der Waals surface area (Å²) in [5, 5.41) is 9.27. The third kappa shape index (κ3) is 2.32. The molecule has 1 N–H and O–H groups in total. The molecule has 4 aliphatic heterocycles. The molecule has 8 nitrogen and oxygen atoms in total. The molecule has 4 rings (SSSR count). The number of esters is 1. The van der Waals surface area contributed by atoms with Crippen molar-refractivity contribution in [1.82, 2.24) is 0 Å². The van der Waals surface area contributed by atoms with E-state index in [2.05, 4.69) is 0 Å². The summed E-state index contributed by atoms with van der Waals surface area (Å²) in [4.78, 5) is 12.4. The highest BCUT2D eigenvalue weighted by molar-refractivity contribution is 5.81. The van der Waals surface area contributed by atoms with Crippen molar-refractivity contribution < 1.29 is 38.3 Å². The molecular formula is C15H22O8. The van der Waals surface area contributed by atoms with Crippen LogP contribution in [0, 0.1) is 0 Å². The summed E-state index contributed by atoms with van der Waals surface area (Å²) < 4.78 is 34.1. The Kier molecular flexibility index (Phi) is 3.50. The number of carbonyl (C=O) groups is 1. The van der Waals surface area contributed by atoms with Crippen molar-refractivity contribution in [3.63, 3.8) is 0 Å². The molecule has 0 unspecified atom stereocenters. The first-order valence-corrected chi connectivity index (χ1v) is 7.90. The number of aliphatic hydroxyl groups excluding tert-OH is 1. The highest BCUT2D eigenvalue weighted by Gasteiger charge is 2.69. The van der Waals surface area contributed by atoms with Gasteiger partial charge in [-0.1, -0.05) is 0 Å². The Labute approximate surface area is 133 Å². The van der Waals surface area contributed by atoms with Crippen LogP contribution in [-0.4, -0.2) is 79.4 Å². The van der Waals surface area contributed by atoms with Gasteiger partial charge < -0.3 is 33.5 Å². The first-order valence-electron chi connectivity index (χ1n) is 7.90. The lowest BCUT2D eigenvalue weighted by atomic mass is 9.90. The molecule has 8 heteroatoms. The Morgan fingerprint density at radius 1 is 1.22 bits per heavy atom. The van der Waals surface area contributed by atoms with E-state index in [4.69, 9.17) is 28.4 Å². The maximum absolute atomic E-state index is 12.4. The van der Waals surface area contributed by atoms with Gasteiger partial charge in [-0.25, -0.2) is 4.79 Å². The van der Waals surface area contributed by atoms with Gasteiger partial charge >= 0.3 is 5.97 Å². The minimum absolute atomic E-state index is 0.165. The third-order valence-electron chi connectivity index (χ3n) is 4.99. The second-order valence-electron chi connectivity index (χ2n) is 6.96. The molecule has 4 saturated heterocycles. The maximum atomic E-state index is 12.4. The van der Waals surface area contributed by atoms with E-state index in [1.54, 1.807) is 0 Å². The SMILES string of the molecule is COC(=O)[C@@]1([C@@H]2O[C@H]2CO)C[C@H]2OC[C@@H]3OC(C)(C)O[C@@H]3[C@H]2O1. The van der Waals surface area contributed by atoms with Crippen molar-refractivity contribution in [3.8, 4) is 0 Å². The molecule has 0 amide bonds. The minimum atomic E-state index is -1.26. The quantitative estimate of drug-likeness (QED) is 0.539. The van der Waals surface area contributed by atoms with Crippen LogP contribution in [0.25, 0.3) is 0 Å². The molecule has 0 saturated carbocycles.